The Kier molecular flexibility index (Phi) is 3.19. The molecular weight excluding hydrogens is 262 g/mol. The maximum Gasteiger partial charge on any atom is 0.195 e. The predicted molar refractivity (Wildman–Crippen MR) is 84.7 cm³/mol. The number of aromatic nitrogens is 2. The summed E-state index contributed by atoms with van der Waals surface area (Å²) in [7, 11) is 0. The number of aryl methyl sites for hydroxylation is 1. The molecule has 0 bridgehead atoms. The molecule has 4 rings (SSSR count). The van der Waals surface area contributed by atoms with E-state index in [1.54, 1.807) is 0 Å². The van der Waals surface area contributed by atoms with Gasteiger partial charge in [0.2, 0.25) is 0 Å². The van der Waals surface area contributed by atoms with Crippen molar-refractivity contribution in [2.24, 2.45) is 0 Å². The Morgan fingerprint density at radius 2 is 2.33 bits per heavy atom. The molecule has 4 nitrogen and oxygen atoms in total. The molecule has 3 aromatic rings. The van der Waals surface area contributed by atoms with Crippen LogP contribution in [-0.4, -0.2) is 23.1 Å². The maximum atomic E-state index is 5.89. The van der Waals surface area contributed by atoms with E-state index in [1.807, 2.05) is 6.07 Å². The topological polar surface area (TPSA) is 53.9 Å². The molecule has 2 aromatic heterocycles. The summed E-state index contributed by atoms with van der Waals surface area (Å²) in [5.41, 5.74) is 4.49. The van der Waals surface area contributed by atoms with E-state index in [2.05, 4.69) is 29.5 Å². The molecule has 1 aromatic carbocycles. The first-order valence-corrected chi connectivity index (χ1v) is 7.97. The lowest BCUT2D eigenvalue weighted by Crippen LogP contribution is -2.28. The van der Waals surface area contributed by atoms with Crippen molar-refractivity contribution in [2.75, 3.05) is 13.1 Å². The van der Waals surface area contributed by atoms with Gasteiger partial charge in [-0.05, 0) is 49.4 Å². The van der Waals surface area contributed by atoms with E-state index in [-0.39, 0.29) is 0 Å². The summed E-state index contributed by atoms with van der Waals surface area (Å²) in [6.07, 6.45) is 6.61. The van der Waals surface area contributed by atoms with Gasteiger partial charge in [0, 0.05) is 30.1 Å². The number of fused-ring (bicyclic) bond motifs is 3. The van der Waals surface area contributed by atoms with Gasteiger partial charge < -0.3 is 14.7 Å². The number of H-pyrrole nitrogens is 1. The van der Waals surface area contributed by atoms with Crippen molar-refractivity contribution < 1.29 is 4.42 Å². The maximum absolute atomic E-state index is 5.89. The van der Waals surface area contributed by atoms with Crippen LogP contribution in [-0.2, 0) is 6.42 Å². The normalized spacial score (nSPS) is 19.6. The van der Waals surface area contributed by atoms with Crippen LogP contribution in [0.15, 0.2) is 22.7 Å². The number of benzene rings is 1. The van der Waals surface area contributed by atoms with Gasteiger partial charge in [0.25, 0.3) is 0 Å². The molecule has 2 N–H and O–H groups in total. The standard InChI is InChI=1S/C17H21N3O/c1-2-4-15-20-17-14(21-15)7-6-13-16(17)12(10-19-13)11-5-3-8-18-9-11/h6-7,10-11,18-19H,2-5,8-9H2,1H3. The second-order valence-corrected chi connectivity index (χ2v) is 5.98. The summed E-state index contributed by atoms with van der Waals surface area (Å²) in [6.45, 7) is 4.35. The average Bonchev–Trinajstić information content (AvgIpc) is 3.11. The van der Waals surface area contributed by atoms with Crippen molar-refractivity contribution >= 4 is 22.0 Å². The fraction of sp³-hybridized carbons (Fsp3) is 0.471. The molecule has 0 spiro atoms. The summed E-state index contributed by atoms with van der Waals surface area (Å²) >= 11 is 0. The van der Waals surface area contributed by atoms with Crippen molar-refractivity contribution in [3.8, 4) is 0 Å². The minimum Gasteiger partial charge on any atom is -0.441 e. The van der Waals surface area contributed by atoms with Crippen LogP contribution in [0.1, 0.15) is 43.6 Å². The summed E-state index contributed by atoms with van der Waals surface area (Å²) in [5.74, 6) is 1.43. The monoisotopic (exact) mass is 283 g/mol. The minimum absolute atomic E-state index is 0.574. The van der Waals surface area contributed by atoms with E-state index < -0.39 is 0 Å². The number of nitrogens with zero attached hydrogens (tertiary/aromatic N) is 1. The van der Waals surface area contributed by atoms with E-state index >= 15 is 0 Å². The summed E-state index contributed by atoms with van der Waals surface area (Å²) in [6, 6.07) is 4.14. The van der Waals surface area contributed by atoms with Gasteiger partial charge in [0.05, 0.1) is 0 Å². The van der Waals surface area contributed by atoms with Crippen molar-refractivity contribution in [3.63, 3.8) is 0 Å². The summed E-state index contributed by atoms with van der Waals surface area (Å²) in [5, 5.41) is 4.76. The second-order valence-electron chi connectivity index (χ2n) is 5.98. The third kappa shape index (κ3) is 2.14. The molecule has 4 heteroatoms. The molecule has 0 saturated carbocycles. The minimum atomic E-state index is 0.574. The molecule has 1 aliphatic heterocycles. The highest BCUT2D eigenvalue weighted by Gasteiger charge is 2.21. The number of rotatable bonds is 3. The Morgan fingerprint density at radius 1 is 1.38 bits per heavy atom. The van der Waals surface area contributed by atoms with E-state index in [0.29, 0.717) is 5.92 Å². The first kappa shape index (κ1) is 12.9. The van der Waals surface area contributed by atoms with Crippen LogP contribution >= 0.6 is 0 Å². The SMILES string of the molecule is CCCc1nc2c(ccc3[nH]cc(C4CCCNC4)c32)o1. The van der Waals surface area contributed by atoms with Gasteiger partial charge in [-0.25, -0.2) is 4.98 Å². The van der Waals surface area contributed by atoms with Gasteiger partial charge >= 0.3 is 0 Å². The number of hydrogen-bond donors (Lipinski definition) is 2. The predicted octanol–water partition coefficient (Wildman–Crippen LogP) is 3.73. The Balaban J connectivity index is 1.88. The molecule has 1 unspecified atom stereocenters. The largest absolute Gasteiger partial charge is 0.441 e. The summed E-state index contributed by atoms with van der Waals surface area (Å²) < 4.78 is 5.89. The van der Waals surface area contributed by atoms with Gasteiger partial charge in [-0.1, -0.05) is 6.92 Å². The fourth-order valence-corrected chi connectivity index (χ4v) is 3.44. The molecule has 0 amide bonds. The number of oxazole rings is 1. The van der Waals surface area contributed by atoms with Crippen LogP contribution in [0.4, 0.5) is 0 Å². The zero-order valence-electron chi connectivity index (χ0n) is 12.4. The van der Waals surface area contributed by atoms with Crippen LogP contribution in [0.5, 0.6) is 0 Å². The Labute approximate surface area is 123 Å². The van der Waals surface area contributed by atoms with E-state index in [4.69, 9.17) is 9.40 Å². The van der Waals surface area contributed by atoms with Gasteiger partial charge in [-0.15, -0.1) is 0 Å². The van der Waals surface area contributed by atoms with Gasteiger partial charge in [-0.2, -0.15) is 0 Å². The Morgan fingerprint density at radius 3 is 3.14 bits per heavy atom. The molecule has 1 saturated heterocycles. The molecular formula is C17H21N3O. The van der Waals surface area contributed by atoms with E-state index in [0.717, 1.165) is 42.9 Å². The number of nitrogens with one attached hydrogen (secondary N) is 2. The zero-order valence-corrected chi connectivity index (χ0v) is 12.4. The van der Waals surface area contributed by atoms with Crippen LogP contribution < -0.4 is 5.32 Å². The second kappa shape index (κ2) is 5.19. The molecule has 1 atom stereocenters. The molecule has 0 aliphatic carbocycles. The van der Waals surface area contributed by atoms with E-state index in [1.165, 1.54) is 29.3 Å². The van der Waals surface area contributed by atoms with Crippen LogP contribution in [0.25, 0.3) is 22.0 Å². The number of hydrogen-bond acceptors (Lipinski definition) is 3. The van der Waals surface area contributed by atoms with Crippen molar-refractivity contribution in [1.29, 1.82) is 0 Å². The highest BCUT2D eigenvalue weighted by atomic mass is 16.3. The van der Waals surface area contributed by atoms with Crippen molar-refractivity contribution in [2.45, 2.75) is 38.5 Å². The third-order valence-electron chi connectivity index (χ3n) is 4.48. The molecule has 1 fully saturated rings. The smallest absolute Gasteiger partial charge is 0.195 e. The highest BCUT2D eigenvalue weighted by molar-refractivity contribution is 6.04. The van der Waals surface area contributed by atoms with Gasteiger partial charge in [0.15, 0.2) is 11.5 Å². The zero-order chi connectivity index (χ0) is 14.2. The van der Waals surface area contributed by atoms with Crippen LogP contribution in [0.3, 0.4) is 0 Å². The summed E-state index contributed by atoms with van der Waals surface area (Å²) in [4.78, 5) is 8.16. The number of piperidine rings is 1. The number of aromatic amines is 1. The lowest BCUT2D eigenvalue weighted by molar-refractivity contribution is 0.463. The molecule has 0 radical (unpaired) electrons. The average molecular weight is 283 g/mol. The Hall–Kier alpha value is -1.81. The highest BCUT2D eigenvalue weighted by Crippen LogP contribution is 2.34. The lowest BCUT2D eigenvalue weighted by atomic mass is 9.91. The van der Waals surface area contributed by atoms with Crippen molar-refractivity contribution in [3.05, 3.63) is 29.8 Å². The first-order chi connectivity index (χ1) is 10.4. The van der Waals surface area contributed by atoms with Gasteiger partial charge in [0.1, 0.15) is 5.52 Å². The van der Waals surface area contributed by atoms with Crippen LogP contribution in [0, 0.1) is 0 Å². The molecule has 21 heavy (non-hydrogen) atoms. The van der Waals surface area contributed by atoms with Gasteiger partial charge in [-0.3, -0.25) is 0 Å². The Bertz CT molecular complexity index is 765. The van der Waals surface area contributed by atoms with Crippen molar-refractivity contribution in [1.82, 2.24) is 15.3 Å². The molecule has 3 heterocycles. The van der Waals surface area contributed by atoms with E-state index in [9.17, 15) is 0 Å². The molecule has 1 aliphatic rings. The quantitative estimate of drug-likeness (QED) is 0.770. The third-order valence-corrected chi connectivity index (χ3v) is 4.48. The lowest BCUT2D eigenvalue weighted by Gasteiger charge is -2.22. The first-order valence-electron chi connectivity index (χ1n) is 7.97. The fourth-order valence-electron chi connectivity index (χ4n) is 3.44. The molecule has 110 valence electrons. The van der Waals surface area contributed by atoms with Crippen LogP contribution in [0.2, 0.25) is 0 Å².